The fraction of sp³-hybridized carbons (Fsp3) is 0.304. The maximum Gasteiger partial charge on any atom is 0.306 e. The van der Waals surface area contributed by atoms with Gasteiger partial charge in [-0.2, -0.15) is 0 Å². The third-order valence-electron chi connectivity index (χ3n) is 5.32. The minimum absolute atomic E-state index is 0.0119. The standard InChI is InChI=1S/C23H24N2O6/c1-28-18-11-15(12-19-22(18)31-9-8-30-19)16(13-20(26)29-2)21-17(24-25-23(21)27)10-14-6-4-3-5-7-14/h3-7,11-12,16H,8-10,13H2,1-2H3,(H2,24,25,27). The summed E-state index contributed by atoms with van der Waals surface area (Å²) >= 11 is 0. The molecule has 162 valence electrons. The Labute approximate surface area is 179 Å². The van der Waals surface area contributed by atoms with E-state index >= 15 is 0 Å². The van der Waals surface area contributed by atoms with E-state index in [0.29, 0.717) is 53.7 Å². The van der Waals surface area contributed by atoms with Crippen LogP contribution in [0.1, 0.15) is 34.7 Å². The number of methoxy groups -OCH3 is 2. The second-order valence-electron chi connectivity index (χ2n) is 7.21. The molecule has 0 saturated heterocycles. The molecule has 1 atom stereocenters. The summed E-state index contributed by atoms with van der Waals surface area (Å²) in [5.41, 5.74) is 2.64. The van der Waals surface area contributed by atoms with Crippen LogP contribution in [0.25, 0.3) is 0 Å². The van der Waals surface area contributed by atoms with E-state index in [9.17, 15) is 9.59 Å². The van der Waals surface area contributed by atoms with Crippen LogP contribution in [0.15, 0.2) is 47.3 Å². The van der Waals surface area contributed by atoms with E-state index in [1.165, 1.54) is 14.2 Å². The molecule has 0 radical (unpaired) electrons. The molecule has 0 aliphatic carbocycles. The molecule has 3 aromatic rings. The summed E-state index contributed by atoms with van der Waals surface area (Å²) in [5, 5.41) is 5.65. The molecule has 1 aliphatic heterocycles. The SMILES string of the molecule is COC(=O)CC(c1cc(OC)c2c(c1)OCCO2)c1c(Cc2ccccc2)[nH][nH]c1=O. The third kappa shape index (κ3) is 4.28. The van der Waals surface area contributed by atoms with Crippen LogP contribution in [-0.2, 0) is 16.0 Å². The molecule has 1 aliphatic rings. The Hall–Kier alpha value is -3.68. The molecule has 2 heterocycles. The van der Waals surface area contributed by atoms with Crippen LogP contribution in [-0.4, -0.2) is 43.6 Å². The highest BCUT2D eigenvalue weighted by Crippen LogP contribution is 2.43. The first kappa shape index (κ1) is 20.6. The number of nitrogens with one attached hydrogen (secondary N) is 2. The molecule has 8 heteroatoms. The molecule has 1 aromatic heterocycles. The summed E-state index contributed by atoms with van der Waals surface area (Å²) in [4.78, 5) is 25.1. The number of hydrogen-bond acceptors (Lipinski definition) is 6. The minimum Gasteiger partial charge on any atom is -0.493 e. The van der Waals surface area contributed by atoms with Crippen LogP contribution in [0.2, 0.25) is 0 Å². The van der Waals surface area contributed by atoms with Crippen LogP contribution >= 0.6 is 0 Å². The van der Waals surface area contributed by atoms with Gasteiger partial charge in [0.2, 0.25) is 5.75 Å². The first-order chi connectivity index (χ1) is 15.1. The summed E-state index contributed by atoms with van der Waals surface area (Å²) in [6, 6.07) is 13.4. The van der Waals surface area contributed by atoms with Crippen LogP contribution in [0.4, 0.5) is 0 Å². The van der Waals surface area contributed by atoms with Gasteiger partial charge in [0.25, 0.3) is 5.56 Å². The molecular weight excluding hydrogens is 400 g/mol. The number of H-pyrrole nitrogens is 2. The zero-order valence-electron chi connectivity index (χ0n) is 17.4. The van der Waals surface area contributed by atoms with Gasteiger partial charge in [0.15, 0.2) is 11.5 Å². The number of fused-ring (bicyclic) bond motifs is 1. The molecule has 0 spiro atoms. The number of aromatic amines is 2. The number of carbonyl (C=O) groups is 1. The Bertz CT molecular complexity index is 1100. The van der Waals surface area contributed by atoms with Crippen molar-refractivity contribution in [3.8, 4) is 17.2 Å². The lowest BCUT2D eigenvalue weighted by Gasteiger charge is -2.24. The van der Waals surface area contributed by atoms with Gasteiger partial charge < -0.3 is 24.0 Å². The maximum absolute atomic E-state index is 12.8. The predicted octanol–water partition coefficient (Wildman–Crippen LogP) is 2.77. The highest BCUT2D eigenvalue weighted by atomic mass is 16.6. The van der Waals surface area contributed by atoms with E-state index in [-0.39, 0.29) is 12.0 Å². The Morgan fingerprint density at radius 2 is 1.87 bits per heavy atom. The van der Waals surface area contributed by atoms with Crippen molar-refractivity contribution in [3.63, 3.8) is 0 Å². The summed E-state index contributed by atoms with van der Waals surface area (Å²) < 4.78 is 21.8. The Kier molecular flexibility index (Phi) is 5.97. The highest BCUT2D eigenvalue weighted by Gasteiger charge is 2.29. The molecular formula is C23H24N2O6. The molecule has 0 saturated carbocycles. The lowest BCUT2D eigenvalue weighted by atomic mass is 9.87. The van der Waals surface area contributed by atoms with Crippen LogP contribution in [0.3, 0.4) is 0 Å². The van der Waals surface area contributed by atoms with Crippen LogP contribution < -0.4 is 19.8 Å². The number of aromatic nitrogens is 2. The minimum atomic E-state index is -0.564. The second kappa shape index (κ2) is 8.99. The van der Waals surface area contributed by atoms with Crippen molar-refractivity contribution < 1.29 is 23.7 Å². The molecule has 0 bridgehead atoms. The van der Waals surface area contributed by atoms with Crippen molar-refractivity contribution >= 4 is 5.97 Å². The quantitative estimate of drug-likeness (QED) is 0.566. The van der Waals surface area contributed by atoms with Gasteiger partial charge in [0, 0.05) is 23.6 Å². The molecule has 31 heavy (non-hydrogen) atoms. The van der Waals surface area contributed by atoms with E-state index in [1.807, 2.05) is 30.3 Å². The number of esters is 1. The number of benzene rings is 2. The largest absolute Gasteiger partial charge is 0.493 e. The van der Waals surface area contributed by atoms with Gasteiger partial charge in [-0.3, -0.25) is 14.7 Å². The fourth-order valence-electron chi connectivity index (χ4n) is 3.84. The smallest absolute Gasteiger partial charge is 0.306 e. The first-order valence-corrected chi connectivity index (χ1v) is 9.98. The molecule has 0 amide bonds. The molecule has 8 nitrogen and oxygen atoms in total. The average molecular weight is 424 g/mol. The molecule has 4 rings (SSSR count). The lowest BCUT2D eigenvalue weighted by Crippen LogP contribution is -2.20. The van der Waals surface area contributed by atoms with Crippen molar-refractivity contribution in [2.45, 2.75) is 18.8 Å². The number of ether oxygens (including phenoxy) is 4. The summed E-state index contributed by atoms with van der Waals surface area (Å²) in [6.07, 6.45) is 0.496. The average Bonchev–Trinajstić information content (AvgIpc) is 3.16. The third-order valence-corrected chi connectivity index (χ3v) is 5.32. The van der Waals surface area contributed by atoms with Gasteiger partial charge in [-0.15, -0.1) is 0 Å². The van der Waals surface area contributed by atoms with E-state index in [4.69, 9.17) is 18.9 Å². The Balaban J connectivity index is 1.81. The van der Waals surface area contributed by atoms with Gasteiger partial charge in [0.1, 0.15) is 13.2 Å². The molecule has 1 unspecified atom stereocenters. The first-order valence-electron chi connectivity index (χ1n) is 9.98. The topological polar surface area (TPSA) is 103 Å². The molecule has 2 aromatic carbocycles. The van der Waals surface area contributed by atoms with E-state index in [0.717, 1.165) is 5.56 Å². The van der Waals surface area contributed by atoms with E-state index in [2.05, 4.69) is 10.2 Å². The maximum atomic E-state index is 12.8. The van der Waals surface area contributed by atoms with Crippen LogP contribution in [0, 0.1) is 0 Å². The van der Waals surface area contributed by atoms with Gasteiger partial charge in [0.05, 0.1) is 20.6 Å². The summed E-state index contributed by atoms with van der Waals surface area (Å²) in [5.74, 6) is 0.531. The normalized spacial score (nSPS) is 13.5. The number of carbonyl (C=O) groups excluding carboxylic acids is 1. The predicted molar refractivity (Wildman–Crippen MR) is 113 cm³/mol. The summed E-state index contributed by atoms with van der Waals surface area (Å²) in [7, 11) is 2.87. The number of rotatable bonds is 7. The van der Waals surface area contributed by atoms with Crippen molar-refractivity contribution in [3.05, 3.63) is 75.2 Å². The van der Waals surface area contributed by atoms with Crippen molar-refractivity contribution in [1.82, 2.24) is 10.2 Å². The summed E-state index contributed by atoms with van der Waals surface area (Å²) in [6.45, 7) is 0.832. The fourth-order valence-corrected chi connectivity index (χ4v) is 3.84. The zero-order chi connectivity index (χ0) is 21.8. The van der Waals surface area contributed by atoms with E-state index in [1.54, 1.807) is 12.1 Å². The highest BCUT2D eigenvalue weighted by molar-refractivity contribution is 5.72. The monoisotopic (exact) mass is 424 g/mol. The molecule has 0 fully saturated rings. The van der Waals surface area contributed by atoms with Gasteiger partial charge >= 0.3 is 5.97 Å². The van der Waals surface area contributed by atoms with Gasteiger partial charge in [-0.25, -0.2) is 0 Å². The lowest BCUT2D eigenvalue weighted by molar-refractivity contribution is -0.140. The molecule has 2 N–H and O–H groups in total. The Morgan fingerprint density at radius 3 is 2.61 bits per heavy atom. The zero-order valence-corrected chi connectivity index (χ0v) is 17.4. The Morgan fingerprint density at radius 1 is 1.10 bits per heavy atom. The second-order valence-corrected chi connectivity index (χ2v) is 7.21. The van der Waals surface area contributed by atoms with Gasteiger partial charge in [-0.1, -0.05) is 30.3 Å². The van der Waals surface area contributed by atoms with Crippen molar-refractivity contribution in [1.29, 1.82) is 0 Å². The van der Waals surface area contributed by atoms with Gasteiger partial charge in [-0.05, 0) is 23.3 Å². The number of hydrogen-bond donors (Lipinski definition) is 2. The van der Waals surface area contributed by atoms with E-state index < -0.39 is 11.9 Å². The van der Waals surface area contributed by atoms with Crippen molar-refractivity contribution in [2.24, 2.45) is 0 Å². The van der Waals surface area contributed by atoms with Crippen LogP contribution in [0.5, 0.6) is 17.2 Å². The van der Waals surface area contributed by atoms with Crippen molar-refractivity contribution in [2.75, 3.05) is 27.4 Å².